The van der Waals surface area contributed by atoms with Crippen LogP contribution in [0.3, 0.4) is 0 Å². The number of hydrogen-bond donors (Lipinski definition) is 0. The van der Waals surface area contributed by atoms with Crippen molar-refractivity contribution in [3.05, 3.63) is 0 Å². The highest BCUT2D eigenvalue weighted by Gasteiger charge is 2.20. The van der Waals surface area contributed by atoms with Gasteiger partial charge < -0.3 is 0 Å². The van der Waals surface area contributed by atoms with Gasteiger partial charge in [0.2, 0.25) is 0 Å². The molecule has 0 heterocycles. The van der Waals surface area contributed by atoms with Crippen LogP contribution in [-0.4, -0.2) is 8.80 Å². The Labute approximate surface area is 112 Å². The number of unbranched alkanes of at least 4 members (excludes halogenated alkanes) is 3. The summed E-state index contributed by atoms with van der Waals surface area (Å²) in [7, 11) is -0.433. The van der Waals surface area contributed by atoms with E-state index in [1.807, 2.05) is 0 Å². The third kappa shape index (κ3) is 8.88. The first-order valence-corrected chi connectivity index (χ1v) is 10.6. The average Bonchev–Trinajstić information content (AvgIpc) is 2.35. The highest BCUT2D eigenvalue weighted by atomic mass is 28.3. The van der Waals surface area contributed by atoms with Crippen LogP contribution in [0.4, 0.5) is 0 Å². The molecule has 1 heteroatoms. The van der Waals surface area contributed by atoms with Crippen LogP contribution in [0, 0.1) is 0 Å². The molecule has 0 aromatic heterocycles. The van der Waals surface area contributed by atoms with Crippen molar-refractivity contribution in [2.24, 2.45) is 0 Å². The Hall–Kier alpha value is 0.217. The standard InChI is InChI=1S/C16H36Si/c1-5-9-13-16(12-8-4)17(14-10-6-2)15-11-7-3/h16-17H,5-15H2,1-4H3. The molecule has 0 spiro atoms. The van der Waals surface area contributed by atoms with Crippen molar-refractivity contribution in [3.8, 4) is 0 Å². The van der Waals surface area contributed by atoms with Crippen LogP contribution in [0.2, 0.25) is 17.6 Å². The summed E-state index contributed by atoms with van der Waals surface area (Å²) in [5.74, 6) is 0. The second kappa shape index (κ2) is 12.7. The molecule has 0 aliphatic rings. The van der Waals surface area contributed by atoms with Crippen LogP contribution >= 0.6 is 0 Å². The van der Waals surface area contributed by atoms with Gasteiger partial charge in [0.1, 0.15) is 0 Å². The first kappa shape index (κ1) is 17.2. The summed E-state index contributed by atoms with van der Waals surface area (Å²) in [4.78, 5) is 0. The van der Waals surface area contributed by atoms with E-state index in [1.165, 1.54) is 51.4 Å². The summed E-state index contributed by atoms with van der Waals surface area (Å²) in [6.07, 6.45) is 13.2. The lowest BCUT2D eigenvalue weighted by molar-refractivity contribution is 0.604. The van der Waals surface area contributed by atoms with Gasteiger partial charge in [-0.3, -0.25) is 0 Å². The van der Waals surface area contributed by atoms with Gasteiger partial charge in [-0.2, -0.15) is 0 Å². The topological polar surface area (TPSA) is 0 Å². The van der Waals surface area contributed by atoms with Gasteiger partial charge in [-0.15, -0.1) is 0 Å². The zero-order chi connectivity index (χ0) is 12.9. The lowest BCUT2D eigenvalue weighted by atomic mass is 10.1. The Kier molecular flexibility index (Phi) is 12.8. The summed E-state index contributed by atoms with van der Waals surface area (Å²) in [6.45, 7) is 9.43. The fraction of sp³-hybridized carbons (Fsp3) is 1.00. The first-order valence-electron chi connectivity index (χ1n) is 8.29. The number of rotatable bonds is 12. The second-order valence-corrected chi connectivity index (χ2v) is 9.35. The van der Waals surface area contributed by atoms with Gasteiger partial charge in [0.25, 0.3) is 0 Å². The van der Waals surface area contributed by atoms with E-state index in [-0.39, 0.29) is 0 Å². The molecule has 0 saturated heterocycles. The van der Waals surface area contributed by atoms with Crippen LogP contribution in [0.1, 0.15) is 85.5 Å². The molecule has 0 fully saturated rings. The molecule has 17 heavy (non-hydrogen) atoms. The maximum atomic E-state index is 2.38. The zero-order valence-corrected chi connectivity index (χ0v) is 14.1. The normalized spacial score (nSPS) is 13.2. The molecule has 0 amide bonds. The predicted molar refractivity (Wildman–Crippen MR) is 84.8 cm³/mol. The van der Waals surface area contributed by atoms with E-state index in [0.717, 1.165) is 5.54 Å². The summed E-state index contributed by atoms with van der Waals surface area (Å²) < 4.78 is 0. The molecule has 0 rings (SSSR count). The summed E-state index contributed by atoms with van der Waals surface area (Å²) in [6, 6.07) is 3.26. The van der Waals surface area contributed by atoms with Gasteiger partial charge in [-0.25, -0.2) is 0 Å². The SMILES string of the molecule is CCCCC(CCC)[SiH](CCCC)CCCC. The molecule has 1 atom stereocenters. The third-order valence-corrected chi connectivity index (χ3v) is 8.41. The molecular formula is C16H36Si. The molecule has 0 N–H and O–H groups in total. The van der Waals surface area contributed by atoms with Crippen molar-refractivity contribution in [1.29, 1.82) is 0 Å². The maximum Gasteiger partial charge on any atom is 0.0399 e. The van der Waals surface area contributed by atoms with Gasteiger partial charge in [0, 0.05) is 8.80 Å². The van der Waals surface area contributed by atoms with E-state index in [1.54, 1.807) is 18.5 Å². The largest absolute Gasteiger partial charge is 0.0654 e. The predicted octanol–water partition coefficient (Wildman–Crippen LogP) is 6.17. The quantitative estimate of drug-likeness (QED) is 0.366. The lowest BCUT2D eigenvalue weighted by Gasteiger charge is -2.26. The number of hydrogen-bond acceptors (Lipinski definition) is 0. The van der Waals surface area contributed by atoms with E-state index in [9.17, 15) is 0 Å². The van der Waals surface area contributed by atoms with Crippen molar-refractivity contribution in [1.82, 2.24) is 0 Å². The van der Waals surface area contributed by atoms with E-state index in [2.05, 4.69) is 27.7 Å². The van der Waals surface area contributed by atoms with Crippen LogP contribution in [-0.2, 0) is 0 Å². The van der Waals surface area contributed by atoms with Crippen molar-refractivity contribution < 1.29 is 0 Å². The zero-order valence-electron chi connectivity index (χ0n) is 12.9. The van der Waals surface area contributed by atoms with Gasteiger partial charge in [0.05, 0.1) is 0 Å². The molecule has 0 aromatic carbocycles. The molecule has 0 aliphatic carbocycles. The minimum atomic E-state index is -0.433. The van der Waals surface area contributed by atoms with Crippen LogP contribution in [0.25, 0.3) is 0 Å². The van der Waals surface area contributed by atoms with Gasteiger partial charge in [-0.1, -0.05) is 97.6 Å². The monoisotopic (exact) mass is 256 g/mol. The molecule has 0 bridgehead atoms. The third-order valence-electron chi connectivity index (χ3n) is 4.11. The van der Waals surface area contributed by atoms with Crippen LogP contribution < -0.4 is 0 Å². The highest BCUT2D eigenvalue weighted by molar-refractivity contribution is 6.60. The Morgan fingerprint density at radius 1 is 0.647 bits per heavy atom. The summed E-state index contributed by atoms with van der Waals surface area (Å²) in [5, 5.41) is 0. The van der Waals surface area contributed by atoms with Gasteiger partial charge >= 0.3 is 0 Å². The Morgan fingerprint density at radius 2 is 1.18 bits per heavy atom. The first-order chi connectivity index (χ1) is 8.29. The molecule has 0 saturated carbocycles. The average molecular weight is 257 g/mol. The molecule has 104 valence electrons. The fourth-order valence-corrected chi connectivity index (χ4v) is 7.61. The molecule has 0 radical (unpaired) electrons. The second-order valence-electron chi connectivity index (χ2n) is 5.74. The van der Waals surface area contributed by atoms with Crippen molar-refractivity contribution in [2.45, 2.75) is 103 Å². The summed E-state index contributed by atoms with van der Waals surface area (Å²) in [5.41, 5.74) is 1.16. The van der Waals surface area contributed by atoms with Crippen LogP contribution in [0.15, 0.2) is 0 Å². The molecule has 0 aliphatic heterocycles. The minimum absolute atomic E-state index is 0.433. The maximum absolute atomic E-state index is 2.38. The van der Waals surface area contributed by atoms with Crippen molar-refractivity contribution in [2.75, 3.05) is 0 Å². The molecule has 0 aromatic rings. The van der Waals surface area contributed by atoms with Gasteiger partial charge in [-0.05, 0) is 5.54 Å². The van der Waals surface area contributed by atoms with E-state index in [4.69, 9.17) is 0 Å². The van der Waals surface area contributed by atoms with Crippen molar-refractivity contribution in [3.63, 3.8) is 0 Å². The smallest absolute Gasteiger partial charge is 0.0399 e. The summed E-state index contributed by atoms with van der Waals surface area (Å²) >= 11 is 0. The Balaban J connectivity index is 4.20. The minimum Gasteiger partial charge on any atom is -0.0654 e. The van der Waals surface area contributed by atoms with Crippen LogP contribution in [0.5, 0.6) is 0 Å². The Morgan fingerprint density at radius 3 is 1.59 bits per heavy atom. The van der Waals surface area contributed by atoms with Crippen molar-refractivity contribution >= 4 is 8.80 Å². The molecule has 0 nitrogen and oxygen atoms in total. The van der Waals surface area contributed by atoms with Gasteiger partial charge in [0.15, 0.2) is 0 Å². The molecular weight excluding hydrogens is 220 g/mol. The van der Waals surface area contributed by atoms with E-state index >= 15 is 0 Å². The Bertz CT molecular complexity index is 136. The van der Waals surface area contributed by atoms with E-state index in [0.29, 0.717) is 0 Å². The fourth-order valence-electron chi connectivity index (χ4n) is 3.00. The molecule has 1 unspecified atom stereocenters. The lowest BCUT2D eigenvalue weighted by Crippen LogP contribution is -2.20. The highest BCUT2D eigenvalue weighted by Crippen LogP contribution is 2.30. The van der Waals surface area contributed by atoms with E-state index < -0.39 is 8.80 Å².